The van der Waals surface area contributed by atoms with Gasteiger partial charge < -0.3 is 25.2 Å². The molecule has 0 spiro atoms. The summed E-state index contributed by atoms with van der Waals surface area (Å²) in [6.45, 7) is 5.14. The van der Waals surface area contributed by atoms with Crippen LogP contribution >= 0.6 is 0 Å². The Morgan fingerprint density at radius 3 is 2.75 bits per heavy atom. The van der Waals surface area contributed by atoms with Gasteiger partial charge in [-0.25, -0.2) is 4.98 Å². The van der Waals surface area contributed by atoms with E-state index in [4.69, 9.17) is 19.7 Å². The maximum atomic E-state index is 13.4. The fraction of sp³-hybridized carbons (Fsp3) is 0.522. The number of anilines is 5. The fourth-order valence-corrected chi connectivity index (χ4v) is 4.68. The number of nitrogens with one attached hydrogen (secondary N) is 3. The number of H-pyrrole nitrogens is 1. The van der Waals surface area contributed by atoms with E-state index in [9.17, 15) is 4.79 Å². The zero-order chi connectivity index (χ0) is 24.5. The highest BCUT2D eigenvalue weighted by Crippen LogP contribution is 2.40. The van der Waals surface area contributed by atoms with Crippen molar-refractivity contribution >= 4 is 35.4 Å². The number of hydrogen-bond donors (Lipinski definition) is 3. The maximum absolute atomic E-state index is 13.4. The second-order valence-corrected chi connectivity index (χ2v) is 9.54. The van der Waals surface area contributed by atoms with E-state index in [2.05, 4.69) is 35.7 Å². The first-order valence-corrected chi connectivity index (χ1v) is 12.3. The third-order valence-electron chi connectivity index (χ3n) is 6.92. The summed E-state index contributed by atoms with van der Waals surface area (Å²) in [5, 5.41) is 13.6. The predicted molar refractivity (Wildman–Crippen MR) is 132 cm³/mol. The normalized spacial score (nSPS) is 22.0. The molecule has 5 heterocycles. The van der Waals surface area contributed by atoms with Gasteiger partial charge in [0, 0.05) is 44.0 Å². The Kier molecular flexibility index (Phi) is 5.83. The number of carbonyl (C=O) groups excluding carboxylic acids is 1. The van der Waals surface area contributed by atoms with Crippen molar-refractivity contribution in [2.24, 2.45) is 0 Å². The minimum Gasteiger partial charge on any atom is -0.378 e. The van der Waals surface area contributed by atoms with Crippen LogP contribution in [0.15, 0.2) is 24.7 Å². The second-order valence-electron chi connectivity index (χ2n) is 9.54. The van der Waals surface area contributed by atoms with Crippen molar-refractivity contribution in [3.63, 3.8) is 0 Å². The number of aromatic nitrogens is 7. The van der Waals surface area contributed by atoms with Crippen LogP contribution in [0.3, 0.4) is 0 Å². The molecule has 0 bridgehead atoms. The van der Waals surface area contributed by atoms with Gasteiger partial charge in [0.25, 0.3) is 5.91 Å². The first-order valence-electron chi connectivity index (χ1n) is 12.3. The molecular weight excluding hydrogens is 462 g/mol. The van der Waals surface area contributed by atoms with Crippen molar-refractivity contribution in [3.8, 4) is 0 Å². The standard InChI is InChI=1S/C23H29N11O2/c1-23(19(35)26-18-14-24-6-7-25-18)5-2-8-34(23)22-29-20(27-17-13-16(31-32-17)15-3-4-15)28-21(30-22)33-9-11-36-12-10-33/h6-7,13-15H,2-5,8-12H2,1H3,(H,25,26,35)(H2,27,28,29,30,31,32). The van der Waals surface area contributed by atoms with E-state index >= 15 is 0 Å². The molecule has 13 nitrogen and oxygen atoms in total. The topological polar surface area (TPSA) is 150 Å². The number of rotatable bonds is 7. The summed E-state index contributed by atoms with van der Waals surface area (Å²) >= 11 is 0. The van der Waals surface area contributed by atoms with E-state index in [1.807, 2.05) is 17.9 Å². The minimum atomic E-state index is -0.856. The van der Waals surface area contributed by atoms with Gasteiger partial charge >= 0.3 is 0 Å². The molecule has 1 unspecified atom stereocenters. The molecule has 0 aromatic carbocycles. The van der Waals surface area contributed by atoms with Crippen LogP contribution in [-0.4, -0.2) is 79.4 Å². The lowest BCUT2D eigenvalue weighted by molar-refractivity contribution is -0.120. The molecule has 13 heteroatoms. The van der Waals surface area contributed by atoms with Gasteiger partial charge in [0.2, 0.25) is 17.8 Å². The Hall–Kier alpha value is -3.87. The van der Waals surface area contributed by atoms with Gasteiger partial charge in [-0.2, -0.15) is 20.1 Å². The van der Waals surface area contributed by atoms with Gasteiger partial charge in [-0.1, -0.05) is 0 Å². The largest absolute Gasteiger partial charge is 0.378 e. The number of hydrogen-bond acceptors (Lipinski definition) is 11. The molecule has 3 fully saturated rings. The highest BCUT2D eigenvalue weighted by Gasteiger charge is 2.45. The number of ether oxygens (including phenoxy) is 1. The van der Waals surface area contributed by atoms with Gasteiger partial charge in [-0.3, -0.25) is 14.9 Å². The summed E-state index contributed by atoms with van der Waals surface area (Å²) in [5.41, 5.74) is 0.193. The summed E-state index contributed by atoms with van der Waals surface area (Å²) in [4.78, 5) is 39.9. The fourth-order valence-electron chi connectivity index (χ4n) is 4.68. The lowest BCUT2D eigenvalue weighted by atomic mass is 9.98. The van der Waals surface area contributed by atoms with Crippen molar-refractivity contribution in [2.45, 2.75) is 44.1 Å². The molecule has 1 atom stereocenters. The minimum absolute atomic E-state index is 0.175. The monoisotopic (exact) mass is 491 g/mol. The molecule has 3 aliphatic rings. The van der Waals surface area contributed by atoms with Crippen LogP contribution in [0.2, 0.25) is 0 Å². The summed E-state index contributed by atoms with van der Waals surface area (Å²) in [6, 6.07) is 2.00. The first kappa shape index (κ1) is 22.6. The first-order chi connectivity index (χ1) is 17.6. The van der Waals surface area contributed by atoms with Gasteiger partial charge in [0.1, 0.15) is 11.4 Å². The van der Waals surface area contributed by atoms with Crippen LogP contribution in [0.1, 0.15) is 44.2 Å². The maximum Gasteiger partial charge on any atom is 0.251 e. The Labute approximate surface area is 208 Å². The smallest absolute Gasteiger partial charge is 0.251 e. The van der Waals surface area contributed by atoms with E-state index in [1.165, 1.54) is 19.0 Å². The molecule has 3 N–H and O–H groups in total. The van der Waals surface area contributed by atoms with Crippen LogP contribution in [0.4, 0.5) is 29.5 Å². The Bertz CT molecular complexity index is 1230. The molecule has 3 aromatic rings. The highest BCUT2D eigenvalue weighted by atomic mass is 16.5. The molecule has 1 amide bonds. The van der Waals surface area contributed by atoms with Crippen molar-refractivity contribution in [1.29, 1.82) is 0 Å². The third-order valence-corrected chi connectivity index (χ3v) is 6.92. The molecule has 2 aliphatic heterocycles. The van der Waals surface area contributed by atoms with Gasteiger partial charge in [-0.05, 0) is 32.6 Å². The second kappa shape index (κ2) is 9.30. The van der Waals surface area contributed by atoms with Crippen LogP contribution in [0.5, 0.6) is 0 Å². The molecule has 2 saturated heterocycles. The van der Waals surface area contributed by atoms with Crippen LogP contribution in [0, 0.1) is 0 Å². The summed E-state index contributed by atoms with van der Waals surface area (Å²) in [7, 11) is 0. The number of morpholine rings is 1. The van der Waals surface area contributed by atoms with Crippen molar-refractivity contribution < 1.29 is 9.53 Å². The molecule has 0 radical (unpaired) electrons. The quantitative estimate of drug-likeness (QED) is 0.444. The summed E-state index contributed by atoms with van der Waals surface area (Å²) in [5.74, 6) is 2.90. The molecule has 188 valence electrons. The number of amides is 1. The van der Waals surface area contributed by atoms with E-state index < -0.39 is 5.54 Å². The van der Waals surface area contributed by atoms with Crippen LogP contribution in [-0.2, 0) is 9.53 Å². The molecule has 36 heavy (non-hydrogen) atoms. The zero-order valence-corrected chi connectivity index (χ0v) is 20.1. The van der Waals surface area contributed by atoms with Gasteiger partial charge in [0.05, 0.1) is 25.1 Å². The van der Waals surface area contributed by atoms with E-state index in [0.29, 0.717) is 68.8 Å². The van der Waals surface area contributed by atoms with Crippen molar-refractivity contribution in [1.82, 2.24) is 35.1 Å². The van der Waals surface area contributed by atoms with E-state index in [-0.39, 0.29) is 5.91 Å². The molecular formula is C23H29N11O2. The molecule has 1 saturated carbocycles. The number of nitrogens with zero attached hydrogens (tertiary/aromatic N) is 8. The van der Waals surface area contributed by atoms with Gasteiger partial charge in [-0.15, -0.1) is 0 Å². The summed E-state index contributed by atoms with van der Waals surface area (Å²) in [6.07, 6.45) is 8.48. The SMILES string of the molecule is CC1(C(=O)Nc2cnccn2)CCCN1c1nc(Nc2cc(C3CC3)n[nH]2)nc(N2CCOCC2)n1. The van der Waals surface area contributed by atoms with Crippen molar-refractivity contribution in [3.05, 3.63) is 30.4 Å². The average Bonchev–Trinajstić information content (AvgIpc) is 3.52. The van der Waals surface area contributed by atoms with Crippen molar-refractivity contribution in [2.75, 3.05) is 53.3 Å². The van der Waals surface area contributed by atoms with E-state index in [0.717, 1.165) is 17.9 Å². The molecule has 3 aromatic heterocycles. The van der Waals surface area contributed by atoms with Gasteiger partial charge in [0.15, 0.2) is 5.82 Å². The average molecular weight is 492 g/mol. The Morgan fingerprint density at radius 2 is 1.97 bits per heavy atom. The molecule has 1 aliphatic carbocycles. The third kappa shape index (κ3) is 4.53. The number of carbonyl (C=O) groups is 1. The molecule has 6 rings (SSSR count). The lowest BCUT2D eigenvalue weighted by Gasteiger charge is -2.34. The predicted octanol–water partition coefficient (Wildman–Crippen LogP) is 1.84. The zero-order valence-electron chi connectivity index (χ0n) is 20.1. The van der Waals surface area contributed by atoms with E-state index in [1.54, 1.807) is 12.4 Å². The number of aromatic amines is 1. The highest BCUT2D eigenvalue weighted by molar-refractivity contribution is 5.99. The van der Waals surface area contributed by atoms with Crippen LogP contribution < -0.4 is 20.4 Å². The lowest BCUT2D eigenvalue weighted by Crippen LogP contribution is -2.52. The van der Waals surface area contributed by atoms with Crippen LogP contribution in [0.25, 0.3) is 0 Å². The Morgan fingerprint density at radius 1 is 1.14 bits per heavy atom. The Balaban J connectivity index is 1.31. The summed E-state index contributed by atoms with van der Waals surface area (Å²) < 4.78 is 5.51.